The molecule has 1 aromatic rings. The number of hydrogen-bond donors (Lipinski definition) is 1. The molecule has 3 aliphatic carbocycles. The second kappa shape index (κ2) is 4.09. The van der Waals surface area contributed by atoms with Gasteiger partial charge in [0.05, 0.1) is 0 Å². The zero-order valence-corrected chi connectivity index (χ0v) is 12.1. The molecule has 0 heterocycles. The van der Waals surface area contributed by atoms with E-state index in [4.69, 9.17) is 0 Å². The summed E-state index contributed by atoms with van der Waals surface area (Å²) in [7, 11) is 0. The Hall–Kier alpha value is -1.31. The number of phenolic OH excluding ortho intramolecular Hbond substituents is 1. The lowest BCUT2D eigenvalue weighted by Gasteiger charge is -2.48. The first-order valence-electron chi connectivity index (χ1n) is 7.95. The molecule has 2 heteroatoms. The largest absolute Gasteiger partial charge is 0.508 e. The van der Waals surface area contributed by atoms with E-state index in [0.29, 0.717) is 29.3 Å². The van der Waals surface area contributed by atoms with Crippen molar-refractivity contribution in [3.63, 3.8) is 0 Å². The van der Waals surface area contributed by atoms with Gasteiger partial charge in [-0.25, -0.2) is 0 Å². The smallest absolute Gasteiger partial charge is 0.139 e. The van der Waals surface area contributed by atoms with Gasteiger partial charge in [0.1, 0.15) is 11.5 Å². The van der Waals surface area contributed by atoms with Crippen molar-refractivity contribution in [1.82, 2.24) is 0 Å². The molecule has 4 atom stereocenters. The number of hydrogen-bond acceptors (Lipinski definition) is 2. The molecule has 0 bridgehead atoms. The Labute approximate surface area is 120 Å². The van der Waals surface area contributed by atoms with Crippen molar-refractivity contribution in [3.05, 3.63) is 29.3 Å². The molecule has 2 saturated carbocycles. The Morgan fingerprint density at radius 1 is 1.20 bits per heavy atom. The van der Waals surface area contributed by atoms with Crippen LogP contribution in [-0.4, -0.2) is 10.9 Å². The van der Waals surface area contributed by atoms with Crippen LogP contribution < -0.4 is 0 Å². The zero-order valence-electron chi connectivity index (χ0n) is 12.1. The van der Waals surface area contributed by atoms with Crippen LogP contribution in [-0.2, 0) is 11.2 Å². The number of carbonyl (C=O) groups is 1. The van der Waals surface area contributed by atoms with E-state index in [-0.39, 0.29) is 5.41 Å². The maximum absolute atomic E-state index is 12.3. The maximum Gasteiger partial charge on any atom is 0.139 e. The highest BCUT2D eigenvalue weighted by Gasteiger charge is 2.54. The van der Waals surface area contributed by atoms with Gasteiger partial charge in [0.15, 0.2) is 0 Å². The number of carbonyl (C=O) groups excluding carboxylic acids is 1. The molecular formula is C18H22O2. The van der Waals surface area contributed by atoms with Crippen LogP contribution >= 0.6 is 0 Å². The summed E-state index contributed by atoms with van der Waals surface area (Å²) in [6, 6.07) is 5.90. The van der Waals surface area contributed by atoms with Gasteiger partial charge >= 0.3 is 0 Å². The summed E-state index contributed by atoms with van der Waals surface area (Å²) < 4.78 is 0. The summed E-state index contributed by atoms with van der Waals surface area (Å²) in [5.41, 5.74) is 2.75. The van der Waals surface area contributed by atoms with E-state index in [1.807, 2.05) is 12.1 Å². The van der Waals surface area contributed by atoms with Crippen molar-refractivity contribution >= 4 is 5.78 Å². The summed E-state index contributed by atoms with van der Waals surface area (Å²) in [5, 5.41) is 9.67. The van der Waals surface area contributed by atoms with E-state index in [2.05, 4.69) is 13.0 Å². The van der Waals surface area contributed by atoms with Crippen LogP contribution in [0.2, 0.25) is 0 Å². The summed E-state index contributed by atoms with van der Waals surface area (Å²) in [4.78, 5) is 12.3. The summed E-state index contributed by atoms with van der Waals surface area (Å²) >= 11 is 0. The molecule has 106 valence electrons. The minimum atomic E-state index is -0.0322. The van der Waals surface area contributed by atoms with Gasteiger partial charge in [-0.1, -0.05) is 13.0 Å². The fraction of sp³-hybridized carbons (Fsp3) is 0.611. The molecule has 2 nitrogen and oxygen atoms in total. The molecule has 0 unspecified atom stereocenters. The van der Waals surface area contributed by atoms with E-state index in [1.54, 1.807) is 0 Å². The van der Waals surface area contributed by atoms with Crippen LogP contribution in [0.4, 0.5) is 0 Å². The van der Waals surface area contributed by atoms with Crippen LogP contribution in [0.15, 0.2) is 18.2 Å². The average molecular weight is 270 g/mol. The number of fused-ring (bicyclic) bond motifs is 5. The number of aromatic hydroxyl groups is 1. The standard InChI is InChI=1S/C18H22O2/c1-18-9-8-14-13-5-3-12(19)10-11(13)2-4-15(14)16(18)6-7-17(18)20/h3,5,10,14-16,19H,2,4,6-9H2,1H3/t14-,15-,16-,18-/m1/s1. The van der Waals surface area contributed by atoms with E-state index < -0.39 is 0 Å². The molecule has 0 aromatic heterocycles. The molecular weight excluding hydrogens is 248 g/mol. The summed E-state index contributed by atoms with van der Waals surface area (Å²) in [6.07, 6.45) is 6.34. The molecule has 1 aromatic carbocycles. The lowest BCUT2D eigenvalue weighted by Crippen LogP contribution is -2.42. The highest BCUT2D eigenvalue weighted by molar-refractivity contribution is 5.87. The van der Waals surface area contributed by atoms with Gasteiger partial charge < -0.3 is 5.11 Å². The van der Waals surface area contributed by atoms with Gasteiger partial charge in [0, 0.05) is 11.8 Å². The maximum atomic E-state index is 12.3. The minimum absolute atomic E-state index is 0.0322. The van der Waals surface area contributed by atoms with Gasteiger partial charge in [-0.15, -0.1) is 0 Å². The summed E-state index contributed by atoms with van der Waals surface area (Å²) in [6.45, 7) is 2.22. The van der Waals surface area contributed by atoms with Gasteiger partial charge in [-0.3, -0.25) is 4.79 Å². The normalized spacial score (nSPS) is 39.0. The van der Waals surface area contributed by atoms with Crippen molar-refractivity contribution in [3.8, 4) is 5.75 Å². The quantitative estimate of drug-likeness (QED) is 0.778. The monoisotopic (exact) mass is 270 g/mol. The van der Waals surface area contributed by atoms with Crippen LogP contribution in [0.1, 0.15) is 56.1 Å². The first-order valence-corrected chi connectivity index (χ1v) is 7.95. The molecule has 4 rings (SSSR count). The minimum Gasteiger partial charge on any atom is -0.508 e. The van der Waals surface area contributed by atoms with Gasteiger partial charge in [0.2, 0.25) is 0 Å². The topological polar surface area (TPSA) is 37.3 Å². The predicted molar refractivity (Wildman–Crippen MR) is 77.7 cm³/mol. The highest BCUT2D eigenvalue weighted by Crippen LogP contribution is 2.59. The molecule has 0 saturated heterocycles. The van der Waals surface area contributed by atoms with Crippen molar-refractivity contribution < 1.29 is 9.90 Å². The third-order valence-corrected chi connectivity index (χ3v) is 6.42. The average Bonchev–Trinajstić information content (AvgIpc) is 2.74. The molecule has 20 heavy (non-hydrogen) atoms. The summed E-state index contributed by atoms with van der Waals surface area (Å²) in [5.74, 6) is 2.78. The Morgan fingerprint density at radius 3 is 2.90 bits per heavy atom. The van der Waals surface area contributed by atoms with E-state index in [1.165, 1.54) is 17.5 Å². The number of benzene rings is 1. The second-order valence-corrected chi connectivity index (χ2v) is 7.22. The van der Waals surface area contributed by atoms with E-state index in [0.717, 1.165) is 32.1 Å². The second-order valence-electron chi connectivity index (χ2n) is 7.22. The Morgan fingerprint density at radius 2 is 2.05 bits per heavy atom. The van der Waals surface area contributed by atoms with Crippen molar-refractivity contribution in [2.75, 3.05) is 0 Å². The Balaban J connectivity index is 1.73. The SMILES string of the molecule is C[C@@]12CC[C@@H]3c4ccc(O)cc4CC[C@H]3[C@H]1CCC2=O. The molecule has 0 amide bonds. The third kappa shape index (κ3) is 1.54. The first-order chi connectivity index (χ1) is 9.59. The van der Waals surface area contributed by atoms with Crippen LogP contribution in [0.5, 0.6) is 5.75 Å². The number of ketones is 1. The molecule has 3 aliphatic rings. The fourth-order valence-corrected chi connectivity index (χ4v) is 5.34. The van der Waals surface area contributed by atoms with Crippen LogP contribution in [0.3, 0.4) is 0 Å². The highest BCUT2D eigenvalue weighted by atomic mass is 16.3. The van der Waals surface area contributed by atoms with Gasteiger partial charge in [0.25, 0.3) is 0 Å². The lowest BCUT2D eigenvalue weighted by molar-refractivity contribution is -0.129. The van der Waals surface area contributed by atoms with Crippen LogP contribution in [0, 0.1) is 17.3 Å². The van der Waals surface area contributed by atoms with Crippen molar-refractivity contribution in [2.24, 2.45) is 17.3 Å². The number of Topliss-reactive ketones (excluding diaryl/α,β-unsaturated/α-hetero) is 1. The zero-order chi connectivity index (χ0) is 13.9. The number of phenols is 1. The van der Waals surface area contributed by atoms with Gasteiger partial charge in [-0.2, -0.15) is 0 Å². The van der Waals surface area contributed by atoms with E-state index >= 15 is 0 Å². The molecule has 2 fully saturated rings. The van der Waals surface area contributed by atoms with Crippen LogP contribution in [0.25, 0.3) is 0 Å². The molecule has 0 aliphatic heterocycles. The Bertz CT molecular complexity index is 577. The molecule has 1 N–H and O–H groups in total. The van der Waals surface area contributed by atoms with E-state index in [9.17, 15) is 9.90 Å². The van der Waals surface area contributed by atoms with Crippen molar-refractivity contribution in [2.45, 2.75) is 51.4 Å². The third-order valence-electron chi connectivity index (χ3n) is 6.42. The lowest BCUT2D eigenvalue weighted by atomic mass is 9.55. The first kappa shape index (κ1) is 12.4. The van der Waals surface area contributed by atoms with Crippen molar-refractivity contribution in [1.29, 1.82) is 0 Å². The number of aryl methyl sites for hydroxylation is 1. The van der Waals surface area contributed by atoms with Gasteiger partial charge in [-0.05, 0) is 73.1 Å². The Kier molecular flexibility index (Phi) is 2.55. The molecule has 0 radical (unpaired) electrons. The fourth-order valence-electron chi connectivity index (χ4n) is 5.34. The number of rotatable bonds is 0. The molecule has 0 spiro atoms. The predicted octanol–water partition coefficient (Wildman–Crippen LogP) is 3.82.